The number of pyridine rings is 1. The number of rotatable bonds is 8. The summed E-state index contributed by atoms with van der Waals surface area (Å²) in [6.07, 6.45) is 1.93. The van der Waals surface area contributed by atoms with E-state index in [4.69, 9.17) is 13.8 Å². The average Bonchev–Trinajstić information content (AvgIpc) is 3.82. The minimum Gasteiger partial charge on any atom is -0.509 e. The third-order valence-electron chi connectivity index (χ3n) is 10.4. The van der Waals surface area contributed by atoms with Crippen LogP contribution in [0, 0.1) is 18.8 Å². The van der Waals surface area contributed by atoms with Gasteiger partial charge in [-0.2, -0.15) is 18.8 Å². The number of hydrogen-bond donors (Lipinski definition) is 0. The molecule has 1 aliphatic rings. The monoisotopic (exact) mass is 921 g/mol. The molecule has 56 heavy (non-hydrogen) atoms. The summed E-state index contributed by atoms with van der Waals surface area (Å²) < 4.78 is 33.0. The SMILES string of the molecule is [2H]C([2H])([2H])N1[CH-]N(c2[c-]c(Oc3[c-]c4c(cc3)c3ccccc3n4-c3cc([Si](c4ccccc4)(c4ccccc4)c4ccccc4)ccn3)ccc2)c2ccccc21.[Pt]. The van der Waals surface area contributed by atoms with Crippen LogP contribution in [0.3, 0.4) is 0 Å². The van der Waals surface area contributed by atoms with Crippen LogP contribution < -0.4 is 35.3 Å². The molecular weight excluding hydrogens is 884 g/mol. The molecule has 274 valence electrons. The van der Waals surface area contributed by atoms with Gasteiger partial charge < -0.3 is 19.1 Å². The van der Waals surface area contributed by atoms with E-state index in [2.05, 4.69) is 150 Å². The van der Waals surface area contributed by atoms with E-state index in [9.17, 15) is 0 Å². The summed E-state index contributed by atoms with van der Waals surface area (Å²) in [5.74, 6) is 1.77. The molecule has 0 spiro atoms. The minimum absolute atomic E-state index is 0. The maximum absolute atomic E-state index is 8.11. The van der Waals surface area contributed by atoms with Crippen molar-refractivity contribution in [1.29, 1.82) is 0 Å². The number of aromatic nitrogens is 2. The summed E-state index contributed by atoms with van der Waals surface area (Å²) in [5.41, 5.74) is 3.84. The zero-order valence-electron chi connectivity index (χ0n) is 33.0. The number of benzene rings is 7. The number of nitrogens with zero attached hydrogens (tertiary/aromatic N) is 4. The van der Waals surface area contributed by atoms with Crippen molar-refractivity contribution < 1.29 is 29.9 Å². The molecule has 1 aliphatic heterocycles. The Morgan fingerprint density at radius 2 is 1.21 bits per heavy atom. The van der Waals surface area contributed by atoms with E-state index in [0.717, 1.165) is 33.3 Å². The van der Waals surface area contributed by atoms with E-state index in [1.54, 1.807) is 12.7 Å². The molecule has 0 saturated heterocycles. The van der Waals surface area contributed by atoms with Gasteiger partial charge in [0.1, 0.15) is 5.82 Å². The second kappa shape index (κ2) is 14.8. The van der Waals surface area contributed by atoms with Crippen LogP contribution in [0.4, 0.5) is 17.1 Å². The summed E-state index contributed by atoms with van der Waals surface area (Å²) in [4.78, 5) is 8.18. The zero-order chi connectivity index (χ0) is 39.3. The van der Waals surface area contributed by atoms with Crippen molar-refractivity contribution in [2.75, 3.05) is 16.8 Å². The minimum atomic E-state index is -2.83. The maximum atomic E-state index is 8.11. The molecule has 0 saturated carbocycles. The largest absolute Gasteiger partial charge is 0.509 e. The van der Waals surface area contributed by atoms with Crippen LogP contribution in [0.15, 0.2) is 188 Å². The first-order valence-electron chi connectivity index (χ1n) is 19.7. The molecule has 0 radical (unpaired) electrons. The van der Waals surface area contributed by atoms with Gasteiger partial charge in [0, 0.05) is 59.8 Å². The first-order chi connectivity index (χ1) is 28.4. The number of hydrogen-bond acceptors (Lipinski definition) is 4. The van der Waals surface area contributed by atoms with Crippen LogP contribution in [0.1, 0.15) is 4.11 Å². The van der Waals surface area contributed by atoms with Crippen molar-refractivity contribution in [3.05, 3.63) is 207 Å². The van der Waals surface area contributed by atoms with E-state index in [1.807, 2.05) is 53.6 Å². The van der Waals surface area contributed by atoms with E-state index in [1.165, 1.54) is 25.6 Å². The molecule has 0 fully saturated rings. The van der Waals surface area contributed by atoms with Gasteiger partial charge in [-0.05, 0) is 63.4 Å². The fourth-order valence-electron chi connectivity index (χ4n) is 8.07. The van der Waals surface area contributed by atoms with Gasteiger partial charge in [-0.1, -0.05) is 127 Å². The Labute approximate surface area is 346 Å². The Balaban J connectivity index is 0.00000449. The molecule has 7 aromatic carbocycles. The summed E-state index contributed by atoms with van der Waals surface area (Å²) in [7, 11) is -2.83. The van der Waals surface area contributed by atoms with Gasteiger partial charge >= 0.3 is 0 Å². The van der Waals surface area contributed by atoms with E-state index >= 15 is 0 Å². The quantitative estimate of drug-likeness (QED) is 0.0869. The van der Waals surface area contributed by atoms with Crippen molar-refractivity contribution in [3.63, 3.8) is 0 Å². The average molecular weight is 922 g/mol. The Morgan fingerprint density at radius 3 is 1.91 bits per heavy atom. The van der Waals surface area contributed by atoms with Gasteiger partial charge in [0.2, 0.25) is 0 Å². The van der Waals surface area contributed by atoms with Gasteiger partial charge in [-0.3, -0.25) is 0 Å². The Bertz CT molecular complexity index is 2830. The summed E-state index contributed by atoms with van der Waals surface area (Å²) in [6.45, 7) is -0.750. The van der Waals surface area contributed by atoms with Crippen LogP contribution in [-0.2, 0) is 21.1 Å². The third kappa shape index (κ3) is 5.94. The van der Waals surface area contributed by atoms with Crippen molar-refractivity contribution >= 4 is 67.7 Å². The van der Waals surface area contributed by atoms with Crippen LogP contribution in [0.2, 0.25) is 0 Å². The molecule has 10 rings (SSSR count). The molecule has 0 bridgehead atoms. The van der Waals surface area contributed by atoms with E-state index in [0.29, 0.717) is 22.9 Å². The molecule has 9 aromatic rings. The first kappa shape index (κ1) is 32.1. The molecule has 0 unspecified atom stereocenters. The predicted octanol–water partition coefficient (Wildman–Crippen LogP) is 8.65. The van der Waals surface area contributed by atoms with Crippen molar-refractivity contribution in [2.45, 2.75) is 0 Å². The third-order valence-corrected chi connectivity index (χ3v) is 15.2. The van der Waals surface area contributed by atoms with Crippen LogP contribution in [0.5, 0.6) is 11.5 Å². The summed E-state index contributed by atoms with van der Waals surface area (Å²) in [5, 5.41) is 7.18. The van der Waals surface area contributed by atoms with Gasteiger partial charge in [0.25, 0.3) is 0 Å². The molecule has 7 heteroatoms. The molecule has 0 N–H and O–H groups in total. The second-order valence-electron chi connectivity index (χ2n) is 13.5. The van der Waals surface area contributed by atoms with Crippen LogP contribution in [-0.4, -0.2) is 24.6 Å². The molecule has 5 nitrogen and oxygen atoms in total. The smallest absolute Gasteiger partial charge is 0.179 e. The number of fused-ring (bicyclic) bond motifs is 4. The predicted molar refractivity (Wildman–Crippen MR) is 228 cm³/mol. The van der Waals surface area contributed by atoms with E-state index in [-0.39, 0.29) is 21.1 Å². The van der Waals surface area contributed by atoms with Crippen LogP contribution in [0.25, 0.3) is 27.6 Å². The van der Waals surface area contributed by atoms with E-state index < -0.39 is 15.0 Å². The fraction of sp³-hybridized carbons (Fsp3) is 0.0204. The first-order valence-corrected chi connectivity index (χ1v) is 20.2. The normalized spacial score (nSPS) is 13.5. The summed E-state index contributed by atoms with van der Waals surface area (Å²) >= 11 is 0. The number of para-hydroxylation sites is 3. The Kier molecular flexibility index (Phi) is 8.48. The maximum Gasteiger partial charge on any atom is 0.179 e. The summed E-state index contributed by atoms with van der Waals surface area (Å²) in [6, 6.07) is 69.4. The number of anilines is 3. The van der Waals surface area contributed by atoms with Crippen LogP contribution >= 0.6 is 0 Å². The molecule has 3 heterocycles. The second-order valence-corrected chi connectivity index (χ2v) is 17.3. The Morgan fingerprint density at radius 1 is 0.589 bits per heavy atom. The number of ether oxygens (including phenoxy) is 1. The van der Waals surface area contributed by atoms with Gasteiger partial charge in [-0.25, -0.2) is 4.98 Å². The molecule has 0 amide bonds. The molecule has 2 aromatic heterocycles. The van der Waals surface area contributed by atoms with Crippen molar-refractivity contribution in [3.8, 4) is 17.3 Å². The standard InChI is InChI=1S/C49H35N4OSi.Pt/c1-51-35-52(47-27-14-13-26-46(47)51)36-16-15-17-37(32-36)54-38-28-29-44-43-24-11-12-25-45(43)53(48(44)33-38)49-34-42(30-31-50-49)55(39-18-5-2-6-19-39,40-20-7-3-8-21-40)41-22-9-4-10-23-41;/h2-31,34-35H,1H3;/q-3;/i1D3;. The van der Waals surface area contributed by atoms with Crippen molar-refractivity contribution in [1.82, 2.24) is 9.55 Å². The molecule has 0 atom stereocenters. The fourth-order valence-corrected chi connectivity index (χ4v) is 12.8. The van der Waals surface area contributed by atoms with Gasteiger partial charge in [0.15, 0.2) is 8.07 Å². The van der Waals surface area contributed by atoms with Crippen molar-refractivity contribution in [2.24, 2.45) is 0 Å². The van der Waals surface area contributed by atoms with Gasteiger partial charge in [-0.15, -0.1) is 41.4 Å². The zero-order valence-corrected chi connectivity index (χ0v) is 33.3. The molecular formula is C49H35N4OPtSi-3. The topological polar surface area (TPSA) is 33.5 Å². The van der Waals surface area contributed by atoms with Gasteiger partial charge in [0.05, 0.1) is 0 Å². The molecule has 0 aliphatic carbocycles. The Hall–Kier alpha value is -6.20.